The first-order valence-electron chi connectivity index (χ1n) is 9.78. The number of amides is 1. The van der Waals surface area contributed by atoms with E-state index in [1.807, 2.05) is 0 Å². The molecule has 0 saturated carbocycles. The summed E-state index contributed by atoms with van der Waals surface area (Å²) in [4.78, 5) is 16.7. The molecular formula is C21H20F3N3O4S. The molecule has 1 spiro atoms. The minimum Gasteiger partial charge on any atom is -0.497 e. The van der Waals surface area contributed by atoms with Crippen LogP contribution in [0.2, 0.25) is 0 Å². The first-order valence-corrected chi connectivity index (χ1v) is 11.2. The number of piperidine rings is 1. The van der Waals surface area contributed by atoms with Gasteiger partial charge in [-0.2, -0.15) is 17.5 Å². The Labute approximate surface area is 182 Å². The van der Waals surface area contributed by atoms with Crippen molar-refractivity contribution in [1.29, 1.82) is 0 Å². The zero-order chi connectivity index (χ0) is 23.1. The van der Waals surface area contributed by atoms with E-state index < -0.39 is 32.3 Å². The minimum absolute atomic E-state index is 0.0122. The third-order valence-corrected chi connectivity index (χ3v) is 7.49. The second-order valence-corrected chi connectivity index (χ2v) is 9.54. The summed E-state index contributed by atoms with van der Waals surface area (Å²) >= 11 is 0. The number of benzene rings is 2. The van der Waals surface area contributed by atoms with Crippen LogP contribution in [0.5, 0.6) is 5.75 Å². The SMILES string of the molecule is COc1ccc(C2=NC3(CCN(S(=O)(=O)c4cccc(C(F)(F)F)c4)CC3)NC2=O)cc1. The van der Waals surface area contributed by atoms with Crippen LogP contribution in [0, 0.1) is 0 Å². The quantitative estimate of drug-likeness (QED) is 0.749. The van der Waals surface area contributed by atoms with Crippen molar-refractivity contribution in [2.24, 2.45) is 4.99 Å². The van der Waals surface area contributed by atoms with Crippen molar-refractivity contribution in [3.63, 3.8) is 0 Å². The molecule has 7 nitrogen and oxygen atoms in total. The smallest absolute Gasteiger partial charge is 0.416 e. The van der Waals surface area contributed by atoms with E-state index in [1.165, 1.54) is 7.11 Å². The molecule has 1 N–H and O–H groups in total. The lowest BCUT2D eigenvalue weighted by Crippen LogP contribution is -2.52. The number of sulfonamides is 1. The highest BCUT2D eigenvalue weighted by molar-refractivity contribution is 7.89. The molecule has 0 unspecified atom stereocenters. The van der Waals surface area contributed by atoms with E-state index in [-0.39, 0.29) is 37.6 Å². The van der Waals surface area contributed by atoms with Crippen LogP contribution in [-0.4, -0.2) is 50.2 Å². The normalized spacial score (nSPS) is 19.0. The number of carbonyl (C=O) groups excluding carboxylic acids is 1. The summed E-state index contributed by atoms with van der Waals surface area (Å²) in [6.45, 7) is 0.0243. The molecule has 1 amide bonds. The molecule has 2 aromatic rings. The Morgan fingerprint density at radius 2 is 1.75 bits per heavy atom. The summed E-state index contributed by atoms with van der Waals surface area (Å²) in [6, 6.07) is 10.5. The number of aliphatic imine (C=N–C) groups is 1. The van der Waals surface area contributed by atoms with E-state index in [0.717, 1.165) is 22.5 Å². The molecule has 1 fully saturated rings. The van der Waals surface area contributed by atoms with Gasteiger partial charge in [-0.05, 0) is 42.5 Å². The monoisotopic (exact) mass is 467 g/mol. The Morgan fingerprint density at radius 1 is 1.09 bits per heavy atom. The number of rotatable bonds is 4. The highest BCUT2D eigenvalue weighted by atomic mass is 32.2. The maximum Gasteiger partial charge on any atom is 0.416 e. The van der Waals surface area contributed by atoms with E-state index in [0.29, 0.717) is 17.4 Å². The van der Waals surface area contributed by atoms with Gasteiger partial charge in [-0.15, -0.1) is 0 Å². The first-order chi connectivity index (χ1) is 15.0. The Balaban J connectivity index is 1.52. The fraction of sp³-hybridized carbons (Fsp3) is 0.333. The van der Waals surface area contributed by atoms with E-state index >= 15 is 0 Å². The minimum atomic E-state index is -4.64. The molecule has 2 heterocycles. The molecule has 2 aromatic carbocycles. The Hall–Kier alpha value is -2.92. The summed E-state index contributed by atoms with van der Waals surface area (Å²) in [7, 11) is -2.59. The molecule has 0 aromatic heterocycles. The number of halogens is 3. The van der Waals surface area contributed by atoms with Gasteiger partial charge in [0.1, 0.15) is 17.1 Å². The van der Waals surface area contributed by atoms with Crippen molar-refractivity contribution in [2.75, 3.05) is 20.2 Å². The average molecular weight is 467 g/mol. The molecular weight excluding hydrogens is 447 g/mol. The number of hydrogen-bond donors (Lipinski definition) is 1. The highest BCUT2D eigenvalue weighted by Gasteiger charge is 2.44. The lowest BCUT2D eigenvalue weighted by atomic mass is 10.00. The number of methoxy groups -OCH3 is 1. The Morgan fingerprint density at radius 3 is 2.34 bits per heavy atom. The molecule has 0 atom stereocenters. The molecule has 170 valence electrons. The molecule has 32 heavy (non-hydrogen) atoms. The first kappa shape index (κ1) is 22.3. The number of nitrogens with zero attached hydrogens (tertiary/aromatic N) is 2. The van der Waals surface area contributed by atoms with E-state index in [2.05, 4.69) is 10.3 Å². The number of nitrogens with one attached hydrogen (secondary N) is 1. The lowest BCUT2D eigenvalue weighted by molar-refractivity contribution is -0.137. The van der Waals surface area contributed by atoms with Crippen LogP contribution in [0.3, 0.4) is 0 Å². The van der Waals surface area contributed by atoms with Crippen LogP contribution in [0.25, 0.3) is 0 Å². The van der Waals surface area contributed by atoms with Crippen molar-refractivity contribution in [3.8, 4) is 5.75 Å². The molecule has 4 rings (SSSR count). The van der Waals surface area contributed by atoms with Gasteiger partial charge in [0.15, 0.2) is 0 Å². The summed E-state index contributed by atoms with van der Waals surface area (Å²) in [5, 5.41) is 2.84. The summed E-state index contributed by atoms with van der Waals surface area (Å²) in [5.41, 5.74) is -1.10. The topological polar surface area (TPSA) is 88.1 Å². The van der Waals surface area contributed by atoms with Gasteiger partial charge in [-0.1, -0.05) is 6.07 Å². The molecule has 0 radical (unpaired) electrons. The summed E-state index contributed by atoms with van der Waals surface area (Å²) < 4.78 is 71.0. The average Bonchev–Trinajstić information content (AvgIpc) is 3.09. The van der Waals surface area contributed by atoms with Crippen molar-refractivity contribution < 1.29 is 31.1 Å². The van der Waals surface area contributed by atoms with E-state index in [9.17, 15) is 26.4 Å². The Kier molecular flexibility index (Phi) is 5.49. The molecule has 11 heteroatoms. The van der Waals surface area contributed by atoms with Crippen LogP contribution in [0.15, 0.2) is 58.4 Å². The van der Waals surface area contributed by atoms with Gasteiger partial charge < -0.3 is 10.1 Å². The van der Waals surface area contributed by atoms with Gasteiger partial charge in [0.25, 0.3) is 5.91 Å². The van der Waals surface area contributed by atoms with Crippen LogP contribution < -0.4 is 10.1 Å². The second kappa shape index (κ2) is 7.89. The maximum absolute atomic E-state index is 13.0. The number of alkyl halides is 3. The van der Waals surface area contributed by atoms with Gasteiger partial charge in [0, 0.05) is 31.5 Å². The van der Waals surface area contributed by atoms with Crippen LogP contribution in [0.4, 0.5) is 13.2 Å². The maximum atomic E-state index is 13.0. The zero-order valence-corrected chi connectivity index (χ0v) is 17.8. The van der Waals surface area contributed by atoms with E-state index in [4.69, 9.17) is 4.74 Å². The molecule has 0 bridgehead atoms. The number of carbonyl (C=O) groups is 1. The van der Waals surface area contributed by atoms with Crippen LogP contribution in [-0.2, 0) is 21.0 Å². The molecule has 1 saturated heterocycles. The number of ether oxygens (including phenoxy) is 1. The highest BCUT2D eigenvalue weighted by Crippen LogP contribution is 2.34. The fourth-order valence-electron chi connectivity index (χ4n) is 3.82. The molecule has 0 aliphatic carbocycles. The Bertz CT molecular complexity index is 1170. The van der Waals surface area contributed by atoms with Crippen molar-refractivity contribution >= 4 is 21.6 Å². The number of hydrogen-bond acceptors (Lipinski definition) is 5. The van der Waals surface area contributed by atoms with Crippen molar-refractivity contribution in [1.82, 2.24) is 9.62 Å². The predicted octanol–water partition coefficient (Wildman–Crippen LogP) is 2.81. The summed E-state index contributed by atoms with van der Waals surface area (Å²) in [5.74, 6) is 0.278. The predicted molar refractivity (Wildman–Crippen MR) is 110 cm³/mol. The zero-order valence-electron chi connectivity index (χ0n) is 17.0. The van der Waals surface area contributed by atoms with Gasteiger partial charge in [-0.25, -0.2) is 8.42 Å². The van der Waals surface area contributed by atoms with E-state index in [1.54, 1.807) is 24.3 Å². The van der Waals surface area contributed by atoms with Crippen LogP contribution in [0.1, 0.15) is 24.0 Å². The van der Waals surface area contributed by atoms with Crippen molar-refractivity contribution in [2.45, 2.75) is 29.6 Å². The second-order valence-electron chi connectivity index (χ2n) is 7.60. The lowest BCUT2D eigenvalue weighted by Gasteiger charge is -2.36. The van der Waals surface area contributed by atoms with Crippen molar-refractivity contribution in [3.05, 3.63) is 59.7 Å². The largest absolute Gasteiger partial charge is 0.497 e. The van der Waals surface area contributed by atoms with Crippen LogP contribution >= 0.6 is 0 Å². The molecule has 2 aliphatic rings. The summed E-state index contributed by atoms with van der Waals surface area (Å²) in [6.07, 6.45) is -4.23. The van der Waals surface area contributed by atoms with Gasteiger partial charge in [0.2, 0.25) is 10.0 Å². The standard InChI is InChI=1S/C21H20F3N3O4S/c1-31-16-7-5-14(6-8-16)18-19(28)26-20(25-18)9-11-27(12-10-20)32(29,30)17-4-2-3-15(13-17)21(22,23)24/h2-8,13H,9-12H2,1H3,(H,26,28). The fourth-order valence-corrected chi connectivity index (χ4v) is 5.31. The third-order valence-electron chi connectivity index (χ3n) is 5.60. The third kappa shape index (κ3) is 4.09. The van der Waals surface area contributed by atoms with Gasteiger partial charge in [0.05, 0.1) is 17.6 Å². The van der Waals surface area contributed by atoms with Gasteiger partial charge in [-0.3, -0.25) is 9.79 Å². The molecule has 2 aliphatic heterocycles. The van der Waals surface area contributed by atoms with Gasteiger partial charge >= 0.3 is 6.18 Å².